The summed E-state index contributed by atoms with van der Waals surface area (Å²) in [7, 11) is 3.36. The molecule has 2 rings (SSSR count). The molecule has 1 unspecified atom stereocenters. The third-order valence-electron chi connectivity index (χ3n) is 3.95. The van der Waals surface area contributed by atoms with Gasteiger partial charge < -0.3 is 14.8 Å². The molecule has 118 valence electrons. The zero-order valence-electron chi connectivity index (χ0n) is 13.7. The van der Waals surface area contributed by atoms with E-state index in [9.17, 15) is 0 Å². The van der Waals surface area contributed by atoms with Crippen molar-refractivity contribution in [3.63, 3.8) is 0 Å². The van der Waals surface area contributed by atoms with E-state index in [1.165, 1.54) is 12.0 Å². The fraction of sp³-hybridized carbons (Fsp3) is 0.647. The van der Waals surface area contributed by atoms with Crippen LogP contribution in [-0.4, -0.2) is 44.8 Å². The Morgan fingerprint density at radius 3 is 2.67 bits per heavy atom. The van der Waals surface area contributed by atoms with Gasteiger partial charge in [0, 0.05) is 32.2 Å². The quantitative estimate of drug-likeness (QED) is 0.873. The summed E-state index contributed by atoms with van der Waals surface area (Å²) in [5.41, 5.74) is 1.28. The van der Waals surface area contributed by atoms with E-state index in [0.717, 1.165) is 43.6 Å². The van der Waals surface area contributed by atoms with Crippen molar-refractivity contribution in [3.8, 4) is 11.5 Å². The van der Waals surface area contributed by atoms with Crippen LogP contribution in [0.5, 0.6) is 11.5 Å². The minimum Gasteiger partial charge on any atom is -0.493 e. The summed E-state index contributed by atoms with van der Waals surface area (Å²) in [5, 5.41) is 3.62. The third kappa shape index (κ3) is 4.61. The molecule has 0 saturated carbocycles. The maximum atomic E-state index is 5.38. The fourth-order valence-corrected chi connectivity index (χ4v) is 3.00. The van der Waals surface area contributed by atoms with Crippen molar-refractivity contribution >= 4 is 0 Å². The molecule has 0 aromatic heterocycles. The van der Waals surface area contributed by atoms with E-state index in [0.29, 0.717) is 6.04 Å². The second kappa shape index (κ2) is 7.66. The highest BCUT2D eigenvalue weighted by Crippen LogP contribution is 2.28. The van der Waals surface area contributed by atoms with Gasteiger partial charge >= 0.3 is 0 Å². The Balaban J connectivity index is 1.97. The lowest BCUT2D eigenvalue weighted by atomic mass is 10.0. The second-order valence-electron chi connectivity index (χ2n) is 6.21. The Hall–Kier alpha value is -1.26. The summed E-state index contributed by atoms with van der Waals surface area (Å²) >= 11 is 0. The molecule has 4 nitrogen and oxygen atoms in total. The number of ether oxygens (including phenoxy) is 2. The fourth-order valence-electron chi connectivity index (χ4n) is 3.00. The minimum atomic E-state index is 0.610. The van der Waals surface area contributed by atoms with Crippen molar-refractivity contribution in [2.24, 2.45) is 5.92 Å². The van der Waals surface area contributed by atoms with Crippen molar-refractivity contribution in [2.45, 2.75) is 32.9 Å². The van der Waals surface area contributed by atoms with Gasteiger partial charge in [-0.3, -0.25) is 4.90 Å². The number of rotatable bonds is 6. The molecule has 4 heteroatoms. The summed E-state index contributed by atoms with van der Waals surface area (Å²) in [4.78, 5) is 2.52. The monoisotopic (exact) mass is 292 g/mol. The van der Waals surface area contributed by atoms with Crippen LogP contribution in [0.3, 0.4) is 0 Å². The van der Waals surface area contributed by atoms with Gasteiger partial charge in [0.05, 0.1) is 14.2 Å². The molecule has 0 spiro atoms. The van der Waals surface area contributed by atoms with Gasteiger partial charge in [0.2, 0.25) is 0 Å². The number of nitrogens with zero attached hydrogens (tertiary/aromatic N) is 1. The zero-order valence-corrected chi connectivity index (χ0v) is 13.7. The lowest BCUT2D eigenvalue weighted by molar-refractivity contribution is 0.179. The molecule has 1 fully saturated rings. The summed E-state index contributed by atoms with van der Waals surface area (Å²) < 4.78 is 10.7. The van der Waals surface area contributed by atoms with Crippen molar-refractivity contribution in [2.75, 3.05) is 33.9 Å². The first kappa shape index (κ1) is 16.1. The van der Waals surface area contributed by atoms with Crippen LogP contribution in [0, 0.1) is 5.92 Å². The molecule has 1 atom stereocenters. The molecule has 0 radical (unpaired) electrons. The Morgan fingerprint density at radius 1 is 1.24 bits per heavy atom. The number of benzene rings is 1. The van der Waals surface area contributed by atoms with E-state index in [2.05, 4.69) is 36.2 Å². The smallest absolute Gasteiger partial charge is 0.161 e. The van der Waals surface area contributed by atoms with Gasteiger partial charge in [-0.15, -0.1) is 0 Å². The van der Waals surface area contributed by atoms with Crippen molar-refractivity contribution in [3.05, 3.63) is 23.8 Å². The molecule has 1 saturated heterocycles. The van der Waals surface area contributed by atoms with E-state index in [-0.39, 0.29) is 0 Å². The largest absolute Gasteiger partial charge is 0.493 e. The van der Waals surface area contributed by atoms with E-state index >= 15 is 0 Å². The van der Waals surface area contributed by atoms with Gasteiger partial charge in [-0.25, -0.2) is 0 Å². The number of methoxy groups -OCH3 is 2. The Morgan fingerprint density at radius 2 is 2.00 bits per heavy atom. The van der Waals surface area contributed by atoms with Crippen LogP contribution < -0.4 is 14.8 Å². The lowest BCUT2D eigenvalue weighted by Gasteiger charge is -2.34. The van der Waals surface area contributed by atoms with Crippen LogP contribution in [0.4, 0.5) is 0 Å². The maximum Gasteiger partial charge on any atom is 0.161 e. The molecule has 0 amide bonds. The van der Waals surface area contributed by atoms with Crippen LogP contribution in [-0.2, 0) is 6.54 Å². The average Bonchev–Trinajstić information content (AvgIpc) is 2.46. The Labute approximate surface area is 128 Å². The zero-order chi connectivity index (χ0) is 15.2. The second-order valence-corrected chi connectivity index (χ2v) is 6.21. The van der Waals surface area contributed by atoms with E-state index in [1.54, 1.807) is 14.2 Å². The van der Waals surface area contributed by atoms with Gasteiger partial charge in [-0.2, -0.15) is 0 Å². The van der Waals surface area contributed by atoms with Crippen LogP contribution in [0.1, 0.15) is 25.8 Å². The standard InChI is InChI=1S/C17H28N2O2/c1-13(2)9-15-12-19(8-7-18-15)11-14-5-6-16(20-3)17(10-14)21-4/h5-6,10,13,15,18H,7-9,11-12H2,1-4H3. The number of nitrogens with one attached hydrogen (secondary N) is 1. The predicted molar refractivity (Wildman–Crippen MR) is 86.1 cm³/mol. The van der Waals surface area contributed by atoms with Gasteiger partial charge in [0.25, 0.3) is 0 Å². The van der Waals surface area contributed by atoms with Crippen molar-refractivity contribution in [1.82, 2.24) is 10.2 Å². The first-order chi connectivity index (χ1) is 10.1. The molecular formula is C17H28N2O2. The molecule has 1 aromatic carbocycles. The highest BCUT2D eigenvalue weighted by Gasteiger charge is 2.20. The van der Waals surface area contributed by atoms with Gasteiger partial charge in [-0.05, 0) is 30.0 Å². The van der Waals surface area contributed by atoms with Crippen LogP contribution in [0.2, 0.25) is 0 Å². The third-order valence-corrected chi connectivity index (χ3v) is 3.95. The molecule has 1 heterocycles. The van der Waals surface area contributed by atoms with Crippen LogP contribution >= 0.6 is 0 Å². The first-order valence-electron chi connectivity index (χ1n) is 7.79. The molecule has 0 aliphatic carbocycles. The van der Waals surface area contributed by atoms with Crippen LogP contribution in [0.25, 0.3) is 0 Å². The minimum absolute atomic E-state index is 0.610. The molecule has 1 N–H and O–H groups in total. The molecular weight excluding hydrogens is 264 g/mol. The van der Waals surface area contributed by atoms with Gasteiger partial charge in [0.15, 0.2) is 11.5 Å². The van der Waals surface area contributed by atoms with Gasteiger partial charge in [0.1, 0.15) is 0 Å². The maximum absolute atomic E-state index is 5.38. The molecule has 1 aliphatic heterocycles. The first-order valence-corrected chi connectivity index (χ1v) is 7.79. The molecule has 0 bridgehead atoms. The Bertz CT molecular complexity index is 448. The molecule has 1 aromatic rings. The highest BCUT2D eigenvalue weighted by molar-refractivity contribution is 5.42. The number of hydrogen-bond donors (Lipinski definition) is 1. The summed E-state index contributed by atoms with van der Waals surface area (Å²) in [6, 6.07) is 6.81. The number of piperazine rings is 1. The van der Waals surface area contributed by atoms with Crippen LogP contribution in [0.15, 0.2) is 18.2 Å². The topological polar surface area (TPSA) is 33.7 Å². The van der Waals surface area contributed by atoms with E-state index < -0.39 is 0 Å². The van der Waals surface area contributed by atoms with Crippen molar-refractivity contribution < 1.29 is 9.47 Å². The summed E-state index contributed by atoms with van der Waals surface area (Å²) in [6.45, 7) is 8.83. The normalized spacial score (nSPS) is 19.8. The molecule has 21 heavy (non-hydrogen) atoms. The van der Waals surface area contributed by atoms with Crippen molar-refractivity contribution in [1.29, 1.82) is 0 Å². The van der Waals surface area contributed by atoms with E-state index in [1.807, 2.05) is 6.07 Å². The predicted octanol–water partition coefficient (Wildman–Crippen LogP) is 2.52. The summed E-state index contributed by atoms with van der Waals surface area (Å²) in [6.07, 6.45) is 1.24. The molecule has 1 aliphatic rings. The Kier molecular flexibility index (Phi) is 5.88. The average molecular weight is 292 g/mol. The summed E-state index contributed by atoms with van der Waals surface area (Å²) in [5.74, 6) is 2.34. The highest BCUT2D eigenvalue weighted by atomic mass is 16.5. The lowest BCUT2D eigenvalue weighted by Crippen LogP contribution is -2.50. The van der Waals surface area contributed by atoms with E-state index in [4.69, 9.17) is 9.47 Å². The number of hydrogen-bond acceptors (Lipinski definition) is 4. The van der Waals surface area contributed by atoms with Gasteiger partial charge in [-0.1, -0.05) is 19.9 Å². The SMILES string of the molecule is COc1ccc(CN2CCNC(CC(C)C)C2)cc1OC.